The maximum absolute atomic E-state index is 15.5. The molecule has 4 aliphatic heterocycles. The van der Waals surface area contributed by atoms with Crippen LogP contribution in [0.4, 0.5) is 15.9 Å². The quantitative estimate of drug-likeness (QED) is 0.452. The highest BCUT2D eigenvalue weighted by atomic mass is 19.1. The molecule has 0 spiro atoms. The number of benzene rings is 1. The van der Waals surface area contributed by atoms with E-state index in [0.717, 1.165) is 12.8 Å². The molecule has 38 heavy (non-hydrogen) atoms. The highest BCUT2D eigenvalue weighted by Crippen LogP contribution is 2.34. The molecule has 0 radical (unpaired) electrons. The van der Waals surface area contributed by atoms with Crippen LogP contribution in [0.2, 0.25) is 0 Å². The first kappa shape index (κ1) is 22.9. The second kappa shape index (κ2) is 9.25. The van der Waals surface area contributed by atoms with Gasteiger partial charge in [-0.2, -0.15) is 0 Å². The summed E-state index contributed by atoms with van der Waals surface area (Å²) in [5, 5.41) is 9.30. The normalized spacial score (nSPS) is 25.2. The summed E-state index contributed by atoms with van der Waals surface area (Å²) in [6.45, 7) is 1.69. The zero-order valence-corrected chi connectivity index (χ0v) is 20.8. The first-order chi connectivity index (χ1) is 18.6. The largest absolute Gasteiger partial charge is 0.474 e. The number of aliphatic imine (C=N–C) groups is 1. The summed E-state index contributed by atoms with van der Waals surface area (Å²) >= 11 is 0. The van der Waals surface area contributed by atoms with E-state index in [-0.39, 0.29) is 18.0 Å². The second-order valence-electron chi connectivity index (χ2n) is 10.0. The van der Waals surface area contributed by atoms with E-state index in [9.17, 15) is 0 Å². The van der Waals surface area contributed by atoms with Crippen molar-refractivity contribution >= 4 is 28.7 Å². The van der Waals surface area contributed by atoms with Crippen molar-refractivity contribution in [3.8, 4) is 11.6 Å². The van der Waals surface area contributed by atoms with Gasteiger partial charge in [-0.05, 0) is 50.8 Å². The molecule has 194 valence electrons. The number of hydrogen-bond donors (Lipinski definition) is 3. The van der Waals surface area contributed by atoms with Crippen LogP contribution >= 0.6 is 0 Å². The lowest BCUT2D eigenvalue weighted by molar-refractivity contribution is 0.132. The first-order valence-corrected chi connectivity index (χ1v) is 12.8. The zero-order valence-electron chi connectivity index (χ0n) is 20.8. The Morgan fingerprint density at radius 1 is 1.13 bits per heavy atom. The van der Waals surface area contributed by atoms with Gasteiger partial charge in [0.25, 0.3) is 0 Å². The molecule has 10 nitrogen and oxygen atoms in total. The number of aromatic nitrogens is 3. The standard InChI is InChI=1S/C27H27FN8O2/c1-15-23(37-18-6-7-36-24(10-18)31-14-33-36)5-4-21(26(15)28)35-27-20-11-25(29-12-22(20)30-13-32-27)38-19-8-16-2-3-17(9-19)34-16/h4-7,10-14,16-17,19,24,34H,2-3,8-9H2,1H3,(H,31,33)(H,30,32,35)/t16-,17+,19?,24?. The van der Waals surface area contributed by atoms with E-state index in [2.05, 4.69) is 36.0 Å². The van der Waals surface area contributed by atoms with Crippen molar-refractivity contribution in [2.24, 2.45) is 4.99 Å². The molecule has 0 saturated carbocycles. The number of piperidine rings is 1. The van der Waals surface area contributed by atoms with Crippen molar-refractivity contribution < 1.29 is 13.9 Å². The second-order valence-corrected chi connectivity index (χ2v) is 10.0. The van der Waals surface area contributed by atoms with E-state index >= 15 is 4.39 Å². The zero-order chi connectivity index (χ0) is 25.6. The van der Waals surface area contributed by atoms with Gasteiger partial charge in [0.2, 0.25) is 5.88 Å². The number of pyridine rings is 1. The third kappa shape index (κ3) is 4.28. The minimum Gasteiger partial charge on any atom is -0.474 e. The van der Waals surface area contributed by atoms with E-state index in [1.54, 1.807) is 37.7 Å². The van der Waals surface area contributed by atoms with Crippen LogP contribution in [0.3, 0.4) is 0 Å². The number of anilines is 2. The minimum absolute atomic E-state index is 0.126. The van der Waals surface area contributed by atoms with E-state index in [1.807, 2.05) is 23.4 Å². The molecule has 2 fully saturated rings. The summed E-state index contributed by atoms with van der Waals surface area (Å²) in [6.07, 6.45) is 14.5. The fraction of sp³-hybridized carbons (Fsp3) is 0.333. The number of hydrogen-bond acceptors (Lipinski definition) is 10. The van der Waals surface area contributed by atoms with Gasteiger partial charge >= 0.3 is 0 Å². The molecular formula is C27H27FN8O2. The van der Waals surface area contributed by atoms with Gasteiger partial charge in [-0.3, -0.25) is 10.4 Å². The molecule has 6 heterocycles. The Hall–Kier alpha value is -4.25. The van der Waals surface area contributed by atoms with E-state index in [0.29, 0.717) is 51.8 Å². The van der Waals surface area contributed by atoms with Gasteiger partial charge < -0.3 is 20.1 Å². The van der Waals surface area contributed by atoms with E-state index in [1.165, 1.54) is 19.2 Å². The molecule has 3 N–H and O–H groups in total. The highest BCUT2D eigenvalue weighted by molar-refractivity contribution is 5.90. The number of nitrogens with zero attached hydrogens (tertiary/aromatic N) is 5. The number of hydrazine groups is 1. The van der Waals surface area contributed by atoms with Crippen LogP contribution < -0.4 is 25.5 Å². The van der Waals surface area contributed by atoms with Crippen molar-refractivity contribution in [2.75, 3.05) is 5.32 Å². The maximum Gasteiger partial charge on any atom is 0.214 e. The fourth-order valence-electron chi connectivity index (χ4n) is 5.51. The average molecular weight is 515 g/mol. The van der Waals surface area contributed by atoms with Gasteiger partial charge in [-0.1, -0.05) is 0 Å². The molecule has 0 aliphatic carbocycles. The lowest BCUT2D eigenvalue weighted by Gasteiger charge is -2.29. The topological polar surface area (TPSA) is 109 Å². The number of fused-ring (bicyclic) bond motifs is 4. The van der Waals surface area contributed by atoms with Crippen LogP contribution in [0.5, 0.6) is 11.6 Å². The smallest absolute Gasteiger partial charge is 0.214 e. The third-order valence-electron chi connectivity index (χ3n) is 7.46. The Kier molecular flexibility index (Phi) is 5.58. The Morgan fingerprint density at radius 2 is 2.00 bits per heavy atom. The molecule has 2 saturated heterocycles. The third-order valence-corrected chi connectivity index (χ3v) is 7.46. The van der Waals surface area contributed by atoms with Crippen LogP contribution in [0.15, 0.2) is 59.8 Å². The van der Waals surface area contributed by atoms with Crippen LogP contribution in [-0.2, 0) is 0 Å². The molecule has 0 amide bonds. The van der Waals surface area contributed by atoms with E-state index < -0.39 is 5.82 Å². The molecule has 3 aromatic rings. The summed E-state index contributed by atoms with van der Waals surface area (Å²) in [6, 6.07) is 6.25. The lowest BCUT2D eigenvalue weighted by Crippen LogP contribution is -2.42. The van der Waals surface area contributed by atoms with Gasteiger partial charge in [-0.15, -0.1) is 0 Å². The molecule has 2 bridgehead atoms. The number of halogens is 1. The summed E-state index contributed by atoms with van der Waals surface area (Å²) in [4.78, 5) is 17.5. The van der Waals surface area contributed by atoms with Gasteiger partial charge in [0.15, 0.2) is 12.0 Å². The molecule has 2 unspecified atom stereocenters. The van der Waals surface area contributed by atoms with Crippen LogP contribution in [0.1, 0.15) is 31.2 Å². The molecule has 7 rings (SSSR count). The molecule has 2 aromatic heterocycles. The van der Waals surface area contributed by atoms with Gasteiger partial charge in [0.05, 0.1) is 17.4 Å². The van der Waals surface area contributed by atoms with Crippen molar-refractivity contribution in [2.45, 2.75) is 57.0 Å². The van der Waals surface area contributed by atoms with Gasteiger partial charge in [-0.25, -0.2) is 24.3 Å². The number of allylic oxidation sites excluding steroid dienone is 1. The summed E-state index contributed by atoms with van der Waals surface area (Å²) in [7, 11) is 0. The summed E-state index contributed by atoms with van der Waals surface area (Å²) < 4.78 is 27.7. The number of ether oxygens (including phenoxy) is 2. The van der Waals surface area contributed by atoms with Gasteiger partial charge in [0, 0.05) is 41.4 Å². The molecule has 4 atom stereocenters. The number of nitrogens with one attached hydrogen (secondary N) is 3. The monoisotopic (exact) mass is 514 g/mol. The molecule has 4 aliphatic rings. The predicted octanol–water partition coefficient (Wildman–Crippen LogP) is 3.84. The number of rotatable bonds is 6. The Balaban J connectivity index is 1.11. The van der Waals surface area contributed by atoms with Crippen molar-refractivity contribution in [3.63, 3.8) is 0 Å². The SMILES string of the molecule is Cc1c(OC2=CC3N=CNN3C=C2)ccc(Nc2ncnc3cnc(OC4C[C@H]5CC[C@@H](C4)N5)cc23)c1F. The summed E-state index contributed by atoms with van der Waals surface area (Å²) in [5.74, 6) is 1.60. The molecular weight excluding hydrogens is 487 g/mol. The first-order valence-electron chi connectivity index (χ1n) is 12.8. The highest BCUT2D eigenvalue weighted by Gasteiger charge is 2.34. The maximum atomic E-state index is 15.5. The van der Waals surface area contributed by atoms with Gasteiger partial charge in [0.1, 0.15) is 36.1 Å². The average Bonchev–Trinajstić information content (AvgIpc) is 3.53. The van der Waals surface area contributed by atoms with Crippen LogP contribution in [0.25, 0.3) is 10.9 Å². The molecule has 1 aromatic carbocycles. The summed E-state index contributed by atoms with van der Waals surface area (Å²) in [5.41, 5.74) is 4.31. The predicted molar refractivity (Wildman–Crippen MR) is 140 cm³/mol. The lowest BCUT2D eigenvalue weighted by atomic mass is 10.0. The van der Waals surface area contributed by atoms with Crippen molar-refractivity contribution in [3.05, 3.63) is 66.2 Å². The Bertz CT molecular complexity index is 1480. The van der Waals surface area contributed by atoms with Crippen LogP contribution in [0, 0.1) is 12.7 Å². The van der Waals surface area contributed by atoms with E-state index in [4.69, 9.17) is 9.47 Å². The van der Waals surface area contributed by atoms with Crippen molar-refractivity contribution in [1.29, 1.82) is 0 Å². The van der Waals surface area contributed by atoms with Crippen LogP contribution in [-0.4, -0.2) is 50.7 Å². The minimum atomic E-state index is -0.424. The molecule has 11 heteroatoms. The fourth-order valence-corrected chi connectivity index (χ4v) is 5.51. The Labute approximate surface area is 218 Å². The Morgan fingerprint density at radius 3 is 2.87 bits per heavy atom. The van der Waals surface area contributed by atoms with Crippen molar-refractivity contribution in [1.82, 2.24) is 30.7 Å².